The fraction of sp³-hybridized carbons (Fsp3) is 0.462. The lowest BCUT2D eigenvalue weighted by Gasteiger charge is -2.42. The van der Waals surface area contributed by atoms with Crippen LogP contribution in [0.3, 0.4) is 0 Å². The fourth-order valence-corrected chi connectivity index (χ4v) is 2.79. The zero-order valence-electron chi connectivity index (χ0n) is 10.5. The van der Waals surface area contributed by atoms with Gasteiger partial charge in [0.15, 0.2) is 0 Å². The van der Waals surface area contributed by atoms with Crippen LogP contribution in [0.15, 0.2) is 18.5 Å². The molecule has 1 saturated heterocycles. The normalized spacial score (nSPS) is 21.6. The zero-order valence-corrected chi connectivity index (χ0v) is 10.5. The van der Waals surface area contributed by atoms with E-state index in [0.717, 1.165) is 0 Å². The molecule has 6 heteroatoms. The van der Waals surface area contributed by atoms with E-state index in [0.29, 0.717) is 37.2 Å². The molecule has 0 aromatic carbocycles. The first-order valence-corrected chi connectivity index (χ1v) is 6.30. The van der Waals surface area contributed by atoms with E-state index in [1.54, 1.807) is 6.07 Å². The minimum absolute atomic E-state index is 0.259. The molecule has 3 heterocycles. The van der Waals surface area contributed by atoms with Crippen LogP contribution in [0.5, 0.6) is 0 Å². The predicted octanol–water partition coefficient (Wildman–Crippen LogP) is 0.185. The van der Waals surface area contributed by atoms with Crippen LogP contribution in [-0.2, 0) is 4.74 Å². The van der Waals surface area contributed by atoms with Gasteiger partial charge in [0.05, 0.1) is 16.7 Å². The van der Waals surface area contributed by atoms with Crippen molar-refractivity contribution in [2.24, 2.45) is 5.73 Å². The quantitative estimate of drug-likeness (QED) is 0.768. The maximum absolute atomic E-state index is 12.5. The number of ether oxygens (including phenoxy) is 1. The van der Waals surface area contributed by atoms with Gasteiger partial charge in [-0.2, -0.15) is 0 Å². The maximum atomic E-state index is 12.5. The van der Waals surface area contributed by atoms with Gasteiger partial charge in [0.1, 0.15) is 0 Å². The molecule has 0 unspecified atom stereocenters. The predicted molar refractivity (Wildman–Crippen MR) is 66.6 cm³/mol. The van der Waals surface area contributed by atoms with Gasteiger partial charge in [-0.05, 0) is 18.9 Å². The summed E-state index contributed by atoms with van der Waals surface area (Å²) in [6, 6.07) is 1.58. The van der Waals surface area contributed by atoms with Crippen molar-refractivity contribution >= 4 is 11.8 Å². The number of carbonyl (C=O) groups excluding carboxylic acids is 2. The first-order chi connectivity index (χ1) is 9.19. The van der Waals surface area contributed by atoms with Crippen molar-refractivity contribution in [1.29, 1.82) is 0 Å². The van der Waals surface area contributed by atoms with Crippen molar-refractivity contribution in [1.82, 2.24) is 9.88 Å². The van der Waals surface area contributed by atoms with Gasteiger partial charge in [0, 0.05) is 32.2 Å². The van der Waals surface area contributed by atoms with E-state index in [1.807, 2.05) is 0 Å². The summed E-state index contributed by atoms with van der Waals surface area (Å²) in [5.41, 5.74) is 6.02. The molecule has 0 spiro atoms. The van der Waals surface area contributed by atoms with Crippen molar-refractivity contribution in [3.63, 3.8) is 0 Å². The number of hydrogen-bond acceptors (Lipinski definition) is 5. The van der Waals surface area contributed by atoms with Crippen LogP contribution >= 0.6 is 0 Å². The summed E-state index contributed by atoms with van der Waals surface area (Å²) in [6.45, 7) is 1.29. The number of pyridine rings is 1. The first kappa shape index (κ1) is 12.3. The Hall–Kier alpha value is -1.79. The van der Waals surface area contributed by atoms with E-state index >= 15 is 0 Å². The first-order valence-electron chi connectivity index (χ1n) is 6.30. The van der Waals surface area contributed by atoms with Crippen LogP contribution in [0, 0.1) is 0 Å². The van der Waals surface area contributed by atoms with Gasteiger partial charge in [-0.25, -0.2) is 0 Å². The Labute approximate surface area is 110 Å². The van der Waals surface area contributed by atoms with E-state index in [4.69, 9.17) is 10.5 Å². The number of aromatic nitrogens is 1. The van der Waals surface area contributed by atoms with E-state index in [9.17, 15) is 9.59 Å². The van der Waals surface area contributed by atoms with Gasteiger partial charge in [-0.3, -0.25) is 19.5 Å². The monoisotopic (exact) mass is 261 g/mol. The number of hydrogen-bond donors (Lipinski definition) is 1. The lowest BCUT2D eigenvalue weighted by molar-refractivity contribution is -0.00774. The molecule has 2 amide bonds. The second kappa shape index (κ2) is 4.40. The summed E-state index contributed by atoms with van der Waals surface area (Å²) >= 11 is 0. The lowest BCUT2D eigenvalue weighted by Crippen LogP contribution is -2.59. The van der Waals surface area contributed by atoms with Crippen LogP contribution < -0.4 is 5.73 Å². The second-order valence-corrected chi connectivity index (χ2v) is 4.91. The van der Waals surface area contributed by atoms with Crippen molar-refractivity contribution in [3.05, 3.63) is 29.6 Å². The molecule has 2 N–H and O–H groups in total. The highest BCUT2D eigenvalue weighted by atomic mass is 16.5. The van der Waals surface area contributed by atoms with E-state index in [2.05, 4.69) is 4.98 Å². The molecule has 19 heavy (non-hydrogen) atoms. The molecule has 2 aliphatic heterocycles. The molecule has 1 aromatic heterocycles. The second-order valence-electron chi connectivity index (χ2n) is 4.91. The Bertz CT molecular complexity index is 503. The van der Waals surface area contributed by atoms with Crippen LogP contribution in [-0.4, -0.2) is 47.0 Å². The van der Waals surface area contributed by atoms with Gasteiger partial charge in [0.25, 0.3) is 11.8 Å². The van der Waals surface area contributed by atoms with E-state index < -0.39 is 5.54 Å². The molecule has 0 aliphatic carbocycles. The number of nitrogens with two attached hydrogens (primary N) is 1. The summed E-state index contributed by atoms with van der Waals surface area (Å²) in [5.74, 6) is -0.560. The lowest BCUT2D eigenvalue weighted by atomic mass is 9.88. The van der Waals surface area contributed by atoms with Gasteiger partial charge >= 0.3 is 0 Å². The zero-order chi connectivity index (χ0) is 13.5. The number of amides is 2. The summed E-state index contributed by atoms with van der Waals surface area (Å²) in [6.07, 6.45) is 4.14. The largest absolute Gasteiger partial charge is 0.381 e. The number of nitrogens with zero attached hydrogens (tertiary/aromatic N) is 2. The van der Waals surface area contributed by atoms with Crippen LogP contribution in [0.1, 0.15) is 33.6 Å². The summed E-state index contributed by atoms with van der Waals surface area (Å²) in [7, 11) is 0. The molecule has 6 nitrogen and oxygen atoms in total. The van der Waals surface area contributed by atoms with Gasteiger partial charge < -0.3 is 10.5 Å². The third-order valence-electron chi connectivity index (χ3n) is 3.97. The topological polar surface area (TPSA) is 85.5 Å². The highest BCUT2D eigenvalue weighted by Gasteiger charge is 2.49. The molecule has 100 valence electrons. The minimum Gasteiger partial charge on any atom is -0.381 e. The van der Waals surface area contributed by atoms with Crippen LogP contribution in [0.2, 0.25) is 0 Å². The number of imide groups is 1. The van der Waals surface area contributed by atoms with E-state index in [-0.39, 0.29) is 18.4 Å². The molecule has 0 atom stereocenters. The molecule has 0 radical (unpaired) electrons. The third kappa shape index (κ3) is 1.67. The van der Waals surface area contributed by atoms with Crippen molar-refractivity contribution in [2.45, 2.75) is 18.4 Å². The minimum atomic E-state index is -0.620. The standard InChI is InChI=1S/C13H15N3O3/c14-8-13(2-5-19-6-3-13)16-11(17)9-1-4-15-7-10(9)12(16)18/h1,4,7H,2-3,5-6,8,14H2. The molecule has 0 bridgehead atoms. The fourth-order valence-electron chi connectivity index (χ4n) is 2.79. The smallest absolute Gasteiger partial charge is 0.263 e. The van der Waals surface area contributed by atoms with Crippen molar-refractivity contribution < 1.29 is 14.3 Å². The number of carbonyl (C=O) groups is 2. The number of fused-ring (bicyclic) bond motifs is 1. The summed E-state index contributed by atoms with van der Waals surface area (Å²) in [4.78, 5) is 30.1. The SMILES string of the molecule is NCC1(N2C(=O)c3ccncc3C2=O)CCOCC1. The Balaban J connectivity index is 2.03. The van der Waals surface area contributed by atoms with Crippen LogP contribution in [0.25, 0.3) is 0 Å². The molecule has 1 fully saturated rings. The Morgan fingerprint density at radius 1 is 1.26 bits per heavy atom. The molecular formula is C13H15N3O3. The van der Waals surface area contributed by atoms with Gasteiger partial charge in [-0.1, -0.05) is 0 Å². The van der Waals surface area contributed by atoms with Crippen LogP contribution in [0.4, 0.5) is 0 Å². The third-order valence-corrected chi connectivity index (χ3v) is 3.97. The summed E-state index contributed by atoms with van der Waals surface area (Å²) < 4.78 is 5.32. The van der Waals surface area contributed by atoms with Crippen molar-refractivity contribution in [2.75, 3.05) is 19.8 Å². The average molecular weight is 261 g/mol. The highest BCUT2D eigenvalue weighted by molar-refractivity contribution is 6.21. The molecule has 1 aromatic rings. The van der Waals surface area contributed by atoms with Gasteiger partial charge in [0.2, 0.25) is 0 Å². The Morgan fingerprint density at radius 3 is 2.58 bits per heavy atom. The summed E-state index contributed by atoms with van der Waals surface area (Å²) in [5, 5.41) is 0. The van der Waals surface area contributed by atoms with E-state index in [1.165, 1.54) is 17.3 Å². The molecule has 2 aliphatic rings. The average Bonchev–Trinajstić information content (AvgIpc) is 2.73. The Morgan fingerprint density at radius 2 is 1.95 bits per heavy atom. The molecule has 0 saturated carbocycles. The molecule has 3 rings (SSSR count). The Kier molecular flexibility index (Phi) is 2.83. The number of rotatable bonds is 2. The molecular weight excluding hydrogens is 246 g/mol. The maximum Gasteiger partial charge on any atom is 0.263 e. The van der Waals surface area contributed by atoms with Crippen molar-refractivity contribution in [3.8, 4) is 0 Å². The highest BCUT2D eigenvalue weighted by Crippen LogP contribution is 2.34. The van der Waals surface area contributed by atoms with Gasteiger partial charge in [-0.15, -0.1) is 0 Å².